The van der Waals surface area contributed by atoms with E-state index < -0.39 is 0 Å². The first kappa shape index (κ1) is 10.2. The summed E-state index contributed by atoms with van der Waals surface area (Å²) < 4.78 is 1.93. The third-order valence-electron chi connectivity index (χ3n) is 2.95. The lowest BCUT2D eigenvalue weighted by Crippen LogP contribution is -2.34. The summed E-state index contributed by atoms with van der Waals surface area (Å²) in [7, 11) is 0. The van der Waals surface area contributed by atoms with Crippen LogP contribution >= 0.6 is 0 Å². The maximum absolute atomic E-state index is 8.80. The fraction of sp³-hybridized carbons (Fsp3) is 0.636. The highest BCUT2D eigenvalue weighted by atomic mass is 15.1. The third kappa shape index (κ3) is 2.57. The van der Waals surface area contributed by atoms with Crippen LogP contribution in [0.1, 0.15) is 31.5 Å². The van der Waals surface area contributed by atoms with E-state index in [1.807, 2.05) is 10.8 Å². The highest BCUT2D eigenvalue weighted by molar-refractivity contribution is 5.10. The summed E-state index contributed by atoms with van der Waals surface area (Å²) in [6.07, 6.45) is 8.54. The van der Waals surface area contributed by atoms with Gasteiger partial charge in [-0.3, -0.25) is 0 Å². The number of imidazole rings is 1. The summed E-state index contributed by atoms with van der Waals surface area (Å²) in [6, 6.07) is 2.71. The molecule has 0 saturated carbocycles. The molecule has 0 spiro atoms. The van der Waals surface area contributed by atoms with Gasteiger partial charge in [-0.25, -0.2) is 4.98 Å². The van der Waals surface area contributed by atoms with Gasteiger partial charge in [0.2, 0.25) is 5.82 Å². The number of piperidine rings is 1. The summed E-state index contributed by atoms with van der Waals surface area (Å²) in [6.45, 7) is 2.03. The van der Waals surface area contributed by atoms with E-state index in [0.29, 0.717) is 11.9 Å². The zero-order chi connectivity index (χ0) is 10.5. The molecule has 0 aromatic carbocycles. The van der Waals surface area contributed by atoms with Gasteiger partial charge in [-0.2, -0.15) is 5.26 Å². The molecule has 2 heterocycles. The molecule has 1 N–H and O–H groups in total. The molecule has 1 aromatic rings. The Kier molecular flexibility index (Phi) is 3.36. The van der Waals surface area contributed by atoms with Gasteiger partial charge in [-0.05, 0) is 25.8 Å². The van der Waals surface area contributed by atoms with Gasteiger partial charge in [0.25, 0.3) is 0 Å². The molecule has 1 unspecified atom stereocenters. The second-order valence-corrected chi connectivity index (χ2v) is 3.99. The lowest BCUT2D eigenvalue weighted by atomic mass is 10.0. The molecule has 1 saturated heterocycles. The van der Waals surface area contributed by atoms with E-state index in [0.717, 1.165) is 19.5 Å². The Morgan fingerprint density at radius 3 is 3.27 bits per heavy atom. The van der Waals surface area contributed by atoms with Crippen LogP contribution in [-0.4, -0.2) is 22.1 Å². The van der Waals surface area contributed by atoms with Gasteiger partial charge in [-0.15, -0.1) is 0 Å². The van der Waals surface area contributed by atoms with Crippen LogP contribution < -0.4 is 5.32 Å². The minimum atomic E-state index is 0.519. The number of rotatable bonds is 3. The second-order valence-electron chi connectivity index (χ2n) is 3.99. The van der Waals surface area contributed by atoms with E-state index in [1.54, 1.807) is 6.20 Å². The molecule has 1 atom stereocenters. The summed E-state index contributed by atoms with van der Waals surface area (Å²) in [4.78, 5) is 3.98. The Morgan fingerprint density at radius 2 is 2.53 bits per heavy atom. The molecule has 1 aliphatic rings. The molecule has 80 valence electrons. The van der Waals surface area contributed by atoms with Crippen LogP contribution in [0.2, 0.25) is 0 Å². The Bertz CT molecular complexity index is 344. The first-order valence-corrected chi connectivity index (χ1v) is 5.55. The van der Waals surface area contributed by atoms with Crippen molar-refractivity contribution in [3.63, 3.8) is 0 Å². The van der Waals surface area contributed by atoms with Gasteiger partial charge in [-0.1, -0.05) is 6.42 Å². The standard InChI is InChI=1S/C11H16N4/c12-9-11-14-6-8-15(11)7-4-10-3-1-2-5-13-10/h6,8,10,13H,1-5,7H2. The van der Waals surface area contributed by atoms with E-state index >= 15 is 0 Å². The first-order valence-electron chi connectivity index (χ1n) is 5.55. The van der Waals surface area contributed by atoms with Crippen LogP contribution in [0.15, 0.2) is 12.4 Å². The van der Waals surface area contributed by atoms with Crippen molar-refractivity contribution >= 4 is 0 Å². The SMILES string of the molecule is N#Cc1nccn1CCC1CCCCN1. The van der Waals surface area contributed by atoms with E-state index in [-0.39, 0.29) is 0 Å². The highest BCUT2D eigenvalue weighted by Gasteiger charge is 2.12. The average Bonchev–Trinajstić information content (AvgIpc) is 2.75. The van der Waals surface area contributed by atoms with Crippen molar-refractivity contribution < 1.29 is 0 Å². The van der Waals surface area contributed by atoms with Gasteiger partial charge in [0.15, 0.2) is 0 Å². The maximum Gasteiger partial charge on any atom is 0.212 e. The monoisotopic (exact) mass is 204 g/mol. The van der Waals surface area contributed by atoms with Crippen molar-refractivity contribution in [2.75, 3.05) is 6.54 Å². The number of nitrogens with zero attached hydrogens (tertiary/aromatic N) is 3. The fourth-order valence-corrected chi connectivity index (χ4v) is 2.07. The quantitative estimate of drug-likeness (QED) is 0.807. The molecule has 1 fully saturated rings. The second kappa shape index (κ2) is 4.94. The minimum Gasteiger partial charge on any atom is -0.323 e. The molecule has 15 heavy (non-hydrogen) atoms. The van der Waals surface area contributed by atoms with Crippen molar-refractivity contribution in [3.05, 3.63) is 18.2 Å². The first-order chi connectivity index (χ1) is 7.40. The predicted molar refractivity (Wildman–Crippen MR) is 57.2 cm³/mol. The maximum atomic E-state index is 8.80. The lowest BCUT2D eigenvalue weighted by molar-refractivity contribution is 0.366. The van der Waals surface area contributed by atoms with Crippen molar-refractivity contribution in [2.24, 2.45) is 0 Å². The molecule has 0 amide bonds. The molecule has 4 nitrogen and oxygen atoms in total. The largest absolute Gasteiger partial charge is 0.323 e. The average molecular weight is 204 g/mol. The fourth-order valence-electron chi connectivity index (χ4n) is 2.07. The van der Waals surface area contributed by atoms with Gasteiger partial charge >= 0.3 is 0 Å². The Hall–Kier alpha value is -1.34. The summed E-state index contributed by atoms with van der Waals surface area (Å²) >= 11 is 0. The zero-order valence-corrected chi connectivity index (χ0v) is 8.82. The number of aryl methyl sites for hydroxylation is 1. The summed E-state index contributed by atoms with van der Waals surface area (Å²) in [5.41, 5.74) is 0. The highest BCUT2D eigenvalue weighted by Crippen LogP contribution is 2.11. The topological polar surface area (TPSA) is 53.6 Å². The van der Waals surface area contributed by atoms with Crippen LogP contribution in [-0.2, 0) is 6.54 Å². The molecule has 0 radical (unpaired) electrons. The van der Waals surface area contributed by atoms with Gasteiger partial charge in [0.05, 0.1) is 0 Å². The lowest BCUT2D eigenvalue weighted by Gasteiger charge is -2.23. The number of nitrogens with one attached hydrogen (secondary N) is 1. The molecular weight excluding hydrogens is 188 g/mol. The van der Waals surface area contributed by atoms with Crippen LogP contribution in [0.3, 0.4) is 0 Å². The normalized spacial score (nSPS) is 21.1. The van der Waals surface area contributed by atoms with E-state index in [9.17, 15) is 0 Å². The van der Waals surface area contributed by atoms with Crippen molar-refractivity contribution in [2.45, 2.75) is 38.3 Å². The van der Waals surface area contributed by atoms with Crippen LogP contribution in [0, 0.1) is 11.3 Å². The smallest absolute Gasteiger partial charge is 0.212 e. The predicted octanol–water partition coefficient (Wildman–Crippen LogP) is 1.29. The molecular formula is C11H16N4. The van der Waals surface area contributed by atoms with E-state index in [4.69, 9.17) is 5.26 Å². The van der Waals surface area contributed by atoms with Crippen LogP contribution in [0.25, 0.3) is 0 Å². The van der Waals surface area contributed by atoms with E-state index in [1.165, 1.54) is 19.3 Å². The molecule has 4 heteroatoms. The number of hydrogen-bond acceptors (Lipinski definition) is 3. The van der Waals surface area contributed by atoms with Gasteiger partial charge < -0.3 is 9.88 Å². The van der Waals surface area contributed by atoms with Crippen molar-refractivity contribution in [3.8, 4) is 6.07 Å². The van der Waals surface area contributed by atoms with Gasteiger partial charge in [0.1, 0.15) is 6.07 Å². The molecule has 2 rings (SSSR count). The molecule has 0 bridgehead atoms. The Labute approximate surface area is 89.9 Å². The molecule has 0 aliphatic carbocycles. The van der Waals surface area contributed by atoms with E-state index in [2.05, 4.69) is 16.4 Å². The van der Waals surface area contributed by atoms with Gasteiger partial charge in [0, 0.05) is 25.0 Å². The molecule has 1 aromatic heterocycles. The summed E-state index contributed by atoms with van der Waals surface area (Å²) in [5, 5.41) is 12.3. The van der Waals surface area contributed by atoms with Crippen molar-refractivity contribution in [1.29, 1.82) is 5.26 Å². The Morgan fingerprint density at radius 1 is 1.60 bits per heavy atom. The van der Waals surface area contributed by atoms with Crippen LogP contribution in [0.4, 0.5) is 0 Å². The Balaban J connectivity index is 1.85. The van der Waals surface area contributed by atoms with Crippen LogP contribution in [0.5, 0.6) is 0 Å². The zero-order valence-electron chi connectivity index (χ0n) is 8.82. The number of hydrogen-bond donors (Lipinski definition) is 1. The third-order valence-corrected chi connectivity index (χ3v) is 2.95. The minimum absolute atomic E-state index is 0.519. The number of nitriles is 1. The number of aromatic nitrogens is 2. The van der Waals surface area contributed by atoms with Crippen molar-refractivity contribution in [1.82, 2.24) is 14.9 Å². The summed E-state index contributed by atoms with van der Waals surface area (Å²) in [5.74, 6) is 0.519. The molecule has 1 aliphatic heterocycles.